The molecule has 0 radical (unpaired) electrons. The molecule has 0 aliphatic heterocycles. The van der Waals surface area contributed by atoms with E-state index in [2.05, 4.69) is 15.2 Å². The van der Waals surface area contributed by atoms with E-state index in [4.69, 9.17) is 11.1 Å². The summed E-state index contributed by atoms with van der Waals surface area (Å²) in [4.78, 5) is 4.28. The fraction of sp³-hybridized carbons (Fsp3) is 0.250. The monoisotopic (exact) mass is 229 g/mol. The van der Waals surface area contributed by atoms with Crippen LogP contribution in [0.4, 0.5) is 0 Å². The Hall–Kier alpha value is -2.17. The lowest BCUT2D eigenvalue weighted by Crippen LogP contribution is -2.10. The molecule has 2 heterocycles. The van der Waals surface area contributed by atoms with Gasteiger partial charge in [0.1, 0.15) is 5.69 Å². The van der Waals surface area contributed by atoms with Gasteiger partial charge in [-0.3, -0.25) is 15.5 Å². The molecule has 4 N–H and O–H groups in total. The summed E-state index contributed by atoms with van der Waals surface area (Å²) in [7, 11) is 0. The third-order valence-electron chi connectivity index (χ3n) is 2.63. The first kappa shape index (κ1) is 11.3. The highest BCUT2D eigenvalue weighted by Gasteiger charge is 2.12. The van der Waals surface area contributed by atoms with Crippen LogP contribution in [-0.2, 0) is 6.42 Å². The second kappa shape index (κ2) is 4.78. The van der Waals surface area contributed by atoms with Crippen LogP contribution in [0.15, 0.2) is 24.4 Å². The van der Waals surface area contributed by atoms with Gasteiger partial charge < -0.3 is 5.73 Å². The summed E-state index contributed by atoms with van der Waals surface area (Å²) >= 11 is 0. The van der Waals surface area contributed by atoms with Crippen LogP contribution in [0, 0.1) is 12.3 Å². The number of nitrogens with zero attached hydrogens (tertiary/aromatic N) is 2. The van der Waals surface area contributed by atoms with E-state index in [0.717, 1.165) is 22.6 Å². The lowest BCUT2D eigenvalue weighted by Gasteiger charge is -2.02. The van der Waals surface area contributed by atoms with Gasteiger partial charge in [-0.15, -0.1) is 0 Å². The molecule has 0 saturated carbocycles. The molecule has 0 atom stereocenters. The highest BCUT2D eigenvalue weighted by molar-refractivity contribution is 5.77. The smallest absolute Gasteiger partial charge is 0.114 e. The van der Waals surface area contributed by atoms with Crippen LogP contribution in [0.2, 0.25) is 0 Å². The molecule has 0 aliphatic rings. The Morgan fingerprint density at radius 3 is 2.94 bits per heavy atom. The second-order valence-corrected chi connectivity index (χ2v) is 3.92. The van der Waals surface area contributed by atoms with Crippen LogP contribution >= 0.6 is 0 Å². The summed E-state index contributed by atoms with van der Waals surface area (Å²) in [5.74, 6) is 0.192. The van der Waals surface area contributed by atoms with Gasteiger partial charge in [0.15, 0.2) is 0 Å². The van der Waals surface area contributed by atoms with Crippen molar-refractivity contribution in [2.75, 3.05) is 0 Å². The zero-order valence-electron chi connectivity index (χ0n) is 9.70. The van der Waals surface area contributed by atoms with Gasteiger partial charge in [0.05, 0.1) is 11.5 Å². The number of nitrogens with two attached hydrogens (primary N) is 1. The highest BCUT2D eigenvalue weighted by atomic mass is 15.1. The summed E-state index contributed by atoms with van der Waals surface area (Å²) in [5, 5.41) is 14.5. The van der Waals surface area contributed by atoms with Crippen molar-refractivity contribution in [2.24, 2.45) is 5.73 Å². The molecule has 0 aliphatic carbocycles. The van der Waals surface area contributed by atoms with Crippen molar-refractivity contribution in [1.29, 1.82) is 5.41 Å². The van der Waals surface area contributed by atoms with Gasteiger partial charge in [-0.25, -0.2) is 0 Å². The standard InChI is InChI=1S/C12H15N5/c1-8-9(5-6-11(13)14)12(17-16-8)10-4-2-3-7-15-10/h2-4,7H,5-6H2,1H3,(H3,13,14)(H,16,17). The van der Waals surface area contributed by atoms with Crippen molar-refractivity contribution < 1.29 is 0 Å². The van der Waals surface area contributed by atoms with E-state index in [1.54, 1.807) is 6.20 Å². The van der Waals surface area contributed by atoms with E-state index in [1.807, 2.05) is 25.1 Å². The van der Waals surface area contributed by atoms with Crippen molar-refractivity contribution in [1.82, 2.24) is 15.2 Å². The number of aromatic nitrogens is 3. The van der Waals surface area contributed by atoms with Gasteiger partial charge in [-0.05, 0) is 25.5 Å². The number of pyridine rings is 1. The first-order valence-electron chi connectivity index (χ1n) is 5.46. The molecular weight excluding hydrogens is 214 g/mol. The van der Waals surface area contributed by atoms with Gasteiger partial charge in [-0.2, -0.15) is 5.10 Å². The summed E-state index contributed by atoms with van der Waals surface area (Å²) < 4.78 is 0. The minimum atomic E-state index is 0.192. The van der Waals surface area contributed by atoms with Crippen LogP contribution in [0.3, 0.4) is 0 Å². The van der Waals surface area contributed by atoms with Crippen molar-refractivity contribution in [3.8, 4) is 11.4 Å². The summed E-state index contributed by atoms with van der Waals surface area (Å²) in [5.41, 5.74) is 9.17. The number of aryl methyl sites for hydroxylation is 1. The topological polar surface area (TPSA) is 91.4 Å². The molecule has 0 saturated heterocycles. The van der Waals surface area contributed by atoms with E-state index in [9.17, 15) is 0 Å². The van der Waals surface area contributed by atoms with Gasteiger partial charge in [0.2, 0.25) is 0 Å². The van der Waals surface area contributed by atoms with Gasteiger partial charge in [0, 0.05) is 23.9 Å². The minimum Gasteiger partial charge on any atom is -0.388 e. The predicted octanol–water partition coefficient (Wildman–Crippen LogP) is 1.65. The Morgan fingerprint density at radius 1 is 1.47 bits per heavy atom. The van der Waals surface area contributed by atoms with E-state index >= 15 is 0 Å². The van der Waals surface area contributed by atoms with Crippen LogP contribution in [0.25, 0.3) is 11.4 Å². The maximum atomic E-state index is 7.27. The zero-order chi connectivity index (χ0) is 12.3. The molecule has 0 unspecified atom stereocenters. The number of hydrogen-bond acceptors (Lipinski definition) is 3. The van der Waals surface area contributed by atoms with E-state index < -0.39 is 0 Å². The predicted molar refractivity (Wildman–Crippen MR) is 66.8 cm³/mol. The molecule has 0 amide bonds. The van der Waals surface area contributed by atoms with Crippen molar-refractivity contribution >= 4 is 5.84 Å². The molecule has 0 bridgehead atoms. The fourth-order valence-corrected chi connectivity index (χ4v) is 1.73. The second-order valence-electron chi connectivity index (χ2n) is 3.92. The van der Waals surface area contributed by atoms with E-state index in [1.165, 1.54) is 0 Å². The molecule has 2 aromatic rings. The lowest BCUT2D eigenvalue weighted by atomic mass is 10.0. The number of nitrogens with one attached hydrogen (secondary N) is 2. The molecule has 5 heteroatoms. The van der Waals surface area contributed by atoms with Crippen molar-refractivity contribution in [3.63, 3.8) is 0 Å². The summed E-state index contributed by atoms with van der Waals surface area (Å²) in [6.45, 7) is 1.97. The normalized spacial score (nSPS) is 10.4. The minimum absolute atomic E-state index is 0.192. The summed E-state index contributed by atoms with van der Waals surface area (Å²) in [6.07, 6.45) is 3.00. The van der Waals surface area contributed by atoms with Crippen LogP contribution in [0.1, 0.15) is 17.7 Å². The Balaban J connectivity index is 2.32. The van der Waals surface area contributed by atoms with Crippen molar-refractivity contribution in [3.05, 3.63) is 35.7 Å². The fourth-order valence-electron chi connectivity index (χ4n) is 1.73. The molecule has 0 aromatic carbocycles. The molecule has 2 rings (SSSR count). The van der Waals surface area contributed by atoms with Crippen LogP contribution in [0.5, 0.6) is 0 Å². The zero-order valence-corrected chi connectivity index (χ0v) is 9.70. The molecule has 88 valence electrons. The molecule has 5 nitrogen and oxygen atoms in total. The third kappa shape index (κ3) is 2.50. The molecule has 0 spiro atoms. The molecule has 2 aromatic heterocycles. The van der Waals surface area contributed by atoms with Gasteiger partial charge >= 0.3 is 0 Å². The van der Waals surface area contributed by atoms with E-state index in [-0.39, 0.29) is 5.84 Å². The number of aromatic amines is 1. The number of amidine groups is 1. The Bertz CT molecular complexity index is 515. The maximum Gasteiger partial charge on any atom is 0.114 e. The largest absolute Gasteiger partial charge is 0.388 e. The average molecular weight is 229 g/mol. The van der Waals surface area contributed by atoms with Crippen LogP contribution in [-0.4, -0.2) is 21.0 Å². The Labute approximate surface area is 99.6 Å². The number of H-pyrrole nitrogens is 1. The molecule has 17 heavy (non-hydrogen) atoms. The maximum absolute atomic E-state index is 7.27. The third-order valence-corrected chi connectivity index (χ3v) is 2.63. The Kier molecular flexibility index (Phi) is 3.18. The quantitative estimate of drug-likeness (QED) is 0.550. The first-order valence-corrected chi connectivity index (χ1v) is 5.46. The first-order chi connectivity index (χ1) is 8.18. The lowest BCUT2D eigenvalue weighted by molar-refractivity contribution is 0.997. The van der Waals surface area contributed by atoms with Crippen molar-refractivity contribution in [2.45, 2.75) is 19.8 Å². The number of rotatable bonds is 4. The molecular formula is C12H15N5. The highest BCUT2D eigenvalue weighted by Crippen LogP contribution is 2.22. The molecule has 0 fully saturated rings. The van der Waals surface area contributed by atoms with E-state index in [0.29, 0.717) is 12.8 Å². The average Bonchev–Trinajstić information content (AvgIpc) is 2.69. The Morgan fingerprint density at radius 2 is 2.29 bits per heavy atom. The van der Waals surface area contributed by atoms with Crippen LogP contribution < -0.4 is 5.73 Å². The SMILES string of the molecule is Cc1[nH]nc(-c2ccccn2)c1CCC(=N)N. The summed E-state index contributed by atoms with van der Waals surface area (Å²) in [6, 6.07) is 5.73. The number of hydrogen-bond donors (Lipinski definition) is 3. The van der Waals surface area contributed by atoms with Gasteiger partial charge in [-0.1, -0.05) is 6.07 Å². The van der Waals surface area contributed by atoms with Gasteiger partial charge in [0.25, 0.3) is 0 Å².